The Labute approximate surface area is 177 Å². The Morgan fingerprint density at radius 3 is 2.87 bits per heavy atom. The molecule has 2 aliphatic rings. The second kappa shape index (κ2) is 8.11. The molecule has 0 amide bonds. The second-order valence-electron chi connectivity index (χ2n) is 6.79. The number of allylic oxidation sites excluding steroid dienone is 2. The van der Waals surface area contributed by atoms with Crippen molar-refractivity contribution in [2.24, 2.45) is 4.99 Å². The average molecular weight is 481 g/mol. The molecule has 156 valence electrons. The summed E-state index contributed by atoms with van der Waals surface area (Å²) in [6.45, 7) is 0.0723. The molecule has 1 aromatic heterocycles. The molecule has 2 aromatic rings. The van der Waals surface area contributed by atoms with Gasteiger partial charge in [0.05, 0.1) is 11.8 Å². The number of nitrogens with zero attached hydrogens (tertiary/aromatic N) is 1. The number of hydrogen-bond acceptors (Lipinski definition) is 5. The SMILES string of the molecule is O=c1[nH]ccc(NCC(O)c2cccc(Br)c2)c1C1=NC2C(=CC(F)=C(F)C2F)N1. The number of aliphatic hydroxyl groups excluding tert-OH is 1. The fraction of sp³-hybridized carbons (Fsp3) is 0.200. The van der Waals surface area contributed by atoms with Crippen LogP contribution in [0.1, 0.15) is 17.2 Å². The molecule has 2 heterocycles. The summed E-state index contributed by atoms with van der Waals surface area (Å²) in [6.07, 6.45) is -0.915. The highest BCUT2D eigenvalue weighted by atomic mass is 79.9. The van der Waals surface area contributed by atoms with Gasteiger partial charge in [-0.05, 0) is 29.8 Å². The number of anilines is 1. The van der Waals surface area contributed by atoms with Gasteiger partial charge in [-0.25, -0.2) is 13.2 Å². The summed E-state index contributed by atoms with van der Waals surface area (Å²) in [4.78, 5) is 19.0. The van der Waals surface area contributed by atoms with Crippen LogP contribution in [-0.2, 0) is 0 Å². The lowest BCUT2D eigenvalue weighted by Crippen LogP contribution is -2.31. The normalized spacial score (nSPS) is 21.5. The Hall–Kier alpha value is -2.85. The van der Waals surface area contributed by atoms with Crippen LogP contribution >= 0.6 is 15.9 Å². The lowest BCUT2D eigenvalue weighted by atomic mass is 10.0. The molecule has 1 aliphatic heterocycles. The lowest BCUT2D eigenvalue weighted by Gasteiger charge is -2.17. The average Bonchev–Trinajstić information content (AvgIpc) is 3.13. The number of benzene rings is 1. The van der Waals surface area contributed by atoms with Crippen molar-refractivity contribution in [3.63, 3.8) is 0 Å². The van der Waals surface area contributed by atoms with Gasteiger partial charge in [0.25, 0.3) is 5.56 Å². The van der Waals surface area contributed by atoms with Crippen molar-refractivity contribution >= 4 is 27.5 Å². The predicted octanol–water partition coefficient (Wildman–Crippen LogP) is 3.39. The van der Waals surface area contributed by atoms with Gasteiger partial charge < -0.3 is 20.7 Å². The van der Waals surface area contributed by atoms with Gasteiger partial charge >= 0.3 is 0 Å². The maximum Gasteiger partial charge on any atom is 0.261 e. The number of alkyl halides is 1. The monoisotopic (exact) mass is 480 g/mol. The van der Waals surface area contributed by atoms with Crippen LogP contribution in [0.5, 0.6) is 0 Å². The van der Waals surface area contributed by atoms with Gasteiger partial charge in [-0.3, -0.25) is 9.79 Å². The molecule has 4 rings (SSSR count). The highest BCUT2D eigenvalue weighted by molar-refractivity contribution is 9.10. The van der Waals surface area contributed by atoms with E-state index in [0.29, 0.717) is 11.3 Å². The van der Waals surface area contributed by atoms with Gasteiger partial charge in [0.2, 0.25) is 0 Å². The van der Waals surface area contributed by atoms with Crippen LogP contribution in [0.15, 0.2) is 74.2 Å². The van der Waals surface area contributed by atoms with Crippen molar-refractivity contribution < 1.29 is 18.3 Å². The molecule has 4 N–H and O–H groups in total. The minimum absolute atomic E-state index is 0.0160. The Bertz CT molecular complexity index is 1140. The van der Waals surface area contributed by atoms with E-state index in [1.165, 1.54) is 6.20 Å². The number of aliphatic hydroxyl groups is 1. The van der Waals surface area contributed by atoms with Crippen LogP contribution in [0.4, 0.5) is 18.9 Å². The molecular formula is C20H16BrF3N4O2. The zero-order valence-electron chi connectivity index (χ0n) is 15.3. The van der Waals surface area contributed by atoms with Crippen LogP contribution in [0.3, 0.4) is 0 Å². The summed E-state index contributed by atoms with van der Waals surface area (Å²) in [5.74, 6) is -2.85. The predicted molar refractivity (Wildman–Crippen MR) is 110 cm³/mol. The standard InChI is InChI=1S/C20H16BrF3N4O2/c21-10-3-1-2-9(6-10)14(29)8-26-12-4-5-25-20(30)15(12)19-27-13-7-11(22)16(23)17(24)18(13)28-19/h1-7,14,17-18,29H,8H2,(H,27,28)(H2,25,26,30). The van der Waals surface area contributed by atoms with Crippen LogP contribution in [0.25, 0.3) is 0 Å². The summed E-state index contributed by atoms with van der Waals surface area (Å²) < 4.78 is 42.1. The van der Waals surface area contributed by atoms with Crippen molar-refractivity contribution in [2.45, 2.75) is 18.3 Å². The van der Waals surface area contributed by atoms with Gasteiger partial charge in [-0.1, -0.05) is 28.1 Å². The summed E-state index contributed by atoms with van der Waals surface area (Å²) in [5, 5.41) is 16.1. The topological polar surface area (TPSA) is 89.5 Å². The lowest BCUT2D eigenvalue weighted by molar-refractivity contribution is 0.191. The first-order valence-electron chi connectivity index (χ1n) is 9.00. The van der Waals surface area contributed by atoms with Crippen LogP contribution in [-0.4, -0.2) is 34.7 Å². The molecule has 1 aliphatic carbocycles. The first-order chi connectivity index (χ1) is 14.3. The van der Waals surface area contributed by atoms with Crippen LogP contribution in [0, 0.1) is 0 Å². The number of nitrogens with one attached hydrogen (secondary N) is 3. The van der Waals surface area contributed by atoms with E-state index in [1.807, 2.05) is 6.07 Å². The third-order valence-electron chi connectivity index (χ3n) is 4.80. The van der Waals surface area contributed by atoms with E-state index in [-0.39, 0.29) is 23.6 Å². The first-order valence-corrected chi connectivity index (χ1v) is 9.79. The molecular weight excluding hydrogens is 465 g/mol. The van der Waals surface area contributed by atoms with E-state index >= 15 is 0 Å². The summed E-state index contributed by atoms with van der Waals surface area (Å²) in [5.41, 5.74) is 0.518. The summed E-state index contributed by atoms with van der Waals surface area (Å²) in [7, 11) is 0. The van der Waals surface area contributed by atoms with Crippen molar-refractivity contribution in [3.8, 4) is 0 Å². The maximum atomic E-state index is 14.1. The maximum absolute atomic E-state index is 14.1. The number of pyridine rings is 1. The number of amidine groups is 1. The molecule has 0 saturated carbocycles. The molecule has 0 bridgehead atoms. The van der Waals surface area contributed by atoms with Crippen molar-refractivity contribution in [1.29, 1.82) is 0 Å². The number of hydrogen-bond donors (Lipinski definition) is 4. The van der Waals surface area contributed by atoms with Crippen LogP contribution in [0.2, 0.25) is 0 Å². The van der Waals surface area contributed by atoms with Crippen molar-refractivity contribution in [3.05, 3.63) is 85.9 Å². The van der Waals surface area contributed by atoms with E-state index in [2.05, 4.69) is 36.5 Å². The molecule has 3 unspecified atom stereocenters. The quantitative estimate of drug-likeness (QED) is 0.528. The molecule has 1 aromatic carbocycles. The van der Waals surface area contributed by atoms with Crippen LogP contribution < -0.4 is 16.2 Å². The molecule has 0 radical (unpaired) electrons. The second-order valence-corrected chi connectivity index (χ2v) is 7.71. The Balaban J connectivity index is 1.59. The molecule has 0 spiro atoms. The zero-order chi connectivity index (χ0) is 21.4. The molecule has 6 nitrogen and oxygen atoms in total. The summed E-state index contributed by atoms with van der Waals surface area (Å²) >= 11 is 3.34. The highest BCUT2D eigenvalue weighted by Gasteiger charge is 2.39. The number of aromatic amines is 1. The molecule has 0 fully saturated rings. The molecule has 3 atom stereocenters. The number of fused-ring (bicyclic) bond motifs is 1. The Morgan fingerprint density at radius 2 is 2.10 bits per heavy atom. The largest absolute Gasteiger partial charge is 0.387 e. The third-order valence-corrected chi connectivity index (χ3v) is 5.29. The molecule has 10 heteroatoms. The number of aliphatic imine (C=N–C) groups is 1. The minimum atomic E-state index is -2.27. The minimum Gasteiger partial charge on any atom is -0.387 e. The zero-order valence-corrected chi connectivity index (χ0v) is 16.9. The Kier molecular flexibility index (Phi) is 5.52. The van der Waals surface area contributed by atoms with Gasteiger partial charge in [0.1, 0.15) is 17.4 Å². The van der Waals surface area contributed by atoms with Gasteiger partial charge in [-0.15, -0.1) is 0 Å². The van der Waals surface area contributed by atoms with Crippen molar-refractivity contribution in [2.75, 3.05) is 11.9 Å². The van der Waals surface area contributed by atoms with E-state index < -0.39 is 35.5 Å². The Morgan fingerprint density at radius 1 is 1.30 bits per heavy atom. The van der Waals surface area contributed by atoms with Gasteiger partial charge in [0, 0.05) is 22.9 Å². The van der Waals surface area contributed by atoms with Gasteiger partial charge in [-0.2, -0.15) is 0 Å². The number of H-pyrrole nitrogens is 1. The molecule has 30 heavy (non-hydrogen) atoms. The van der Waals surface area contributed by atoms with E-state index in [1.54, 1.807) is 24.3 Å². The fourth-order valence-electron chi connectivity index (χ4n) is 3.30. The molecule has 0 saturated heterocycles. The van der Waals surface area contributed by atoms with E-state index in [9.17, 15) is 23.1 Å². The summed E-state index contributed by atoms with van der Waals surface area (Å²) in [6, 6.07) is 7.40. The fourth-order valence-corrected chi connectivity index (χ4v) is 3.72. The number of halogens is 4. The number of rotatable bonds is 5. The van der Waals surface area contributed by atoms with E-state index in [4.69, 9.17) is 0 Å². The smallest absolute Gasteiger partial charge is 0.261 e. The number of aromatic nitrogens is 1. The van der Waals surface area contributed by atoms with Crippen molar-refractivity contribution in [1.82, 2.24) is 10.3 Å². The van der Waals surface area contributed by atoms with E-state index in [0.717, 1.165) is 10.5 Å². The third kappa shape index (κ3) is 3.80. The van der Waals surface area contributed by atoms with Gasteiger partial charge in [0.15, 0.2) is 17.8 Å². The first kappa shape index (κ1) is 20.4. The highest BCUT2D eigenvalue weighted by Crippen LogP contribution is 2.33.